The third-order valence-electron chi connectivity index (χ3n) is 11.8. The molecule has 0 amide bonds. The van der Waals surface area contributed by atoms with Crippen molar-refractivity contribution in [1.82, 2.24) is 9.80 Å². The Morgan fingerprint density at radius 2 is 0.898 bits per heavy atom. The van der Waals surface area contributed by atoms with Gasteiger partial charge in [0.15, 0.2) is 12.6 Å². The van der Waals surface area contributed by atoms with E-state index in [-0.39, 0.29) is 52.2 Å². The van der Waals surface area contributed by atoms with Gasteiger partial charge in [-0.1, -0.05) is 0 Å². The number of hydrogen-bond donors (Lipinski definition) is 16. The van der Waals surface area contributed by atoms with Crippen LogP contribution in [-0.4, -0.2) is 252 Å². The van der Waals surface area contributed by atoms with Crippen LogP contribution in [0.4, 0.5) is 0 Å². The molecule has 4 rings (SSSR count). The Balaban J connectivity index is 1.20. The fourth-order valence-electron chi connectivity index (χ4n) is 8.19. The van der Waals surface area contributed by atoms with Crippen molar-refractivity contribution in [3.63, 3.8) is 0 Å². The zero-order valence-electron chi connectivity index (χ0n) is 34.0. The van der Waals surface area contributed by atoms with Gasteiger partial charge < -0.3 is 125 Å². The summed E-state index contributed by atoms with van der Waals surface area (Å²) >= 11 is 0. The lowest BCUT2D eigenvalue weighted by Crippen LogP contribution is -2.68. The second-order valence-electron chi connectivity index (χ2n) is 16.8. The number of hydrogen-bond acceptors (Lipinski definition) is 24. The highest BCUT2D eigenvalue weighted by atomic mass is 16.7. The standard InChI is InChI=1S/C35H74N10O14/c1-44(10-14(46)12-54-32-24(48)16(38)6-18(40)30(32)58-34-22(42)28(52)26(50)20(8-36)56-34)4-3-5-45(2)11-15(47)13-55-33-25(49)17(39)7-19(41)31(33)59-35-23(43)29(53)27(51)21(9-37)57-35/h14-35,46-53H,3-13,36-43H2,1-2H3/t14-,15-,16-,17-,18+,19+,20-,21-,22-,23-,24+,25+,26-,27-,28-,29-,30-,31-,32-,33-,34-,35-/m1/s1. The lowest BCUT2D eigenvalue weighted by molar-refractivity contribution is -0.292. The topological polar surface area (TPSA) is 432 Å². The summed E-state index contributed by atoms with van der Waals surface area (Å²) in [5.41, 5.74) is 48.5. The molecule has 0 aromatic rings. The number of ether oxygens (including phenoxy) is 6. The average molecular weight is 859 g/mol. The summed E-state index contributed by atoms with van der Waals surface area (Å²) in [7, 11) is 3.64. The highest BCUT2D eigenvalue weighted by Crippen LogP contribution is 2.30. The van der Waals surface area contributed by atoms with Crippen LogP contribution in [0.25, 0.3) is 0 Å². The van der Waals surface area contributed by atoms with Gasteiger partial charge in [-0.25, -0.2) is 0 Å². The molecule has 2 heterocycles. The van der Waals surface area contributed by atoms with E-state index in [1.54, 1.807) is 0 Å². The summed E-state index contributed by atoms with van der Waals surface area (Å²) < 4.78 is 35.4. The number of aliphatic hydroxyl groups excluding tert-OH is 8. The van der Waals surface area contributed by atoms with Crippen LogP contribution in [0, 0.1) is 0 Å². The quantitative estimate of drug-likeness (QED) is 0.0540. The number of nitrogens with zero attached hydrogens (tertiary/aromatic N) is 2. The second kappa shape index (κ2) is 23.1. The van der Waals surface area contributed by atoms with Crippen molar-refractivity contribution in [1.29, 1.82) is 0 Å². The maximum atomic E-state index is 10.9. The Hall–Kier alpha value is -0.960. The molecular weight excluding hydrogens is 784 g/mol. The number of aliphatic hydroxyl groups is 8. The first-order valence-corrected chi connectivity index (χ1v) is 20.4. The minimum Gasteiger partial charge on any atom is -0.389 e. The van der Waals surface area contributed by atoms with Crippen molar-refractivity contribution in [2.75, 3.05) is 66.6 Å². The number of nitrogens with two attached hydrogens (primary N) is 8. The summed E-state index contributed by atoms with van der Waals surface area (Å²) in [5.74, 6) is 0. The molecule has 2 saturated heterocycles. The maximum Gasteiger partial charge on any atom is 0.176 e. The Morgan fingerprint density at radius 1 is 0.542 bits per heavy atom. The molecule has 4 fully saturated rings. The molecule has 2 aliphatic carbocycles. The van der Waals surface area contributed by atoms with Crippen LogP contribution in [0.15, 0.2) is 0 Å². The van der Waals surface area contributed by atoms with Crippen LogP contribution in [0.2, 0.25) is 0 Å². The molecule has 0 aromatic heterocycles. The van der Waals surface area contributed by atoms with E-state index in [1.807, 2.05) is 23.9 Å². The van der Waals surface area contributed by atoms with Crippen molar-refractivity contribution >= 4 is 0 Å². The monoisotopic (exact) mass is 859 g/mol. The third-order valence-corrected chi connectivity index (χ3v) is 11.8. The summed E-state index contributed by atoms with van der Waals surface area (Å²) in [5, 5.41) is 84.9. The van der Waals surface area contributed by atoms with E-state index >= 15 is 0 Å². The molecule has 2 aliphatic heterocycles. The first-order valence-electron chi connectivity index (χ1n) is 20.4. The van der Waals surface area contributed by atoms with E-state index in [0.717, 1.165) is 0 Å². The molecule has 0 radical (unpaired) electrons. The minimum atomic E-state index is -1.38. The Labute approximate surface area is 344 Å². The van der Waals surface area contributed by atoms with Gasteiger partial charge in [0, 0.05) is 50.3 Å². The molecule has 24 heteroatoms. The molecule has 348 valence electrons. The van der Waals surface area contributed by atoms with E-state index < -0.39 is 134 Å². The Kier molecular flexibility index (Phi) is 19.9. The fourth-order valence-corrected chi connectivity index (χ4v) is 8.19. The smallest absolute Gasteiger partial charge is 0.176 e. The first-order chi connectivity index (χ1) is 27.8. The van der Waals surface area contributed by atoms with Crippen LogP contribution in [-0.2, 0) is 28.4 Å². The summed E-state index contributed by atoms with van der Waals surface area (Å²) in [6, 6.07) is -5.18. The van der Waals surface area contributed by atoms with Crippen molar-refractivity contribution in [2.24, 2.45) is 45.9 Å². The zero-order valence-corrected chi connectivity index (χ0v) is 34.0. The van der Waals surface area contributed by atoms with Gasteiger partial charge in [0.25, 0.3) is 0 Å². The van der Waals surface area contributed by atoms with Crippen molar-refractivity contribution in [2.45, 2.75) is 154 Å². The molecule has 24 N–H and O–H groups in total. The third kappa shape index (κ3) is 13.1. The SMILES string of the molecule is CN(CCCN(C)C[C@@H](O)CO[C@@H]1[C@@H](O)[C@H](N)C[C@H](N)[C@H]1O[C@H]1O[C@H](CN)[C@@H](O)[C@H](O)[C@H]1N)C[C@@H](O)CO[C@@H]1[C@@H](O)[C@H](N)C[C@H](N)[C@H]1O[C@H]1O[C@H](CN)[C@@H](O)[C@H](O)[C@H]1N. The van der Waals surface area contributed by atoms with Crippen molar-refractivity contribution in [3.05, 3.63) is 0 Å². The van der Waals surface area contributed by atoms with Gasteiger partial charge in [0.1, 0.15) is 61.0 Å². The molecule has 59 heavy (non-hydrogen) atoms. The van der Waals surface area contributed by atoms with Gasteiger partial charge in [-0.15, -0.1) is 0 Å². The molecule has 0 spiro atoms. The van der Waals surface area contributed by atoms with Gasteiger partial charge in [0.2, 0.25) is 0 Å². The van der Waals surface area contributed by atoms with E-state index in [4.69, 9.17) is 74.3 Å². The van der Waals surface area contributed by atoms with Crippen molar-refractivity contribution < 1.29 is 69.3 Å². The highest BCUT2D eigenvalue weighted by Gasteiger charge is 2.50. The normalized spacial score (nSPS) is 44.5. The van der Waals surface area contributed by atoms with Crippen LogP contribution in [0.3, 0.4) is 0 Å². The molecule has 22 atom stereocenters. The maximum absolute atomic E-state index is 10.9. The number of likely N-dealkylation sites (N-methyl/N-ethyl adjacent to an activating group) is 2. The van der Waals surface area contributed by atoms with Crippen LogP contribution in [0.1, 0.15) is 19.3 Å². The van der Waals surface area contributed by atoms with E-state index in [1.165, 1.54) is 0 Å². The zero-order chi connectivity index (χ0) is 43.9. The molecule has 0 aromatic carbocycles. The first kappa shape index (κ1) is 50.7. The largest absolute Gasteiger partial charge is 0.389 e. The molecule has 0 bridgehead atoms. The lowest BCUT2D eigenvalue weighted by atomic mass is 9.84. The number of rotatable bonds is 20. The van der Waals surface area contributed by atoms with Crippen molar-refractivity contribution in [3.8, 4) is 0 Å². The molecule has 0 unspecified atom stereocenters. The molecule has 4 aliphatic rings. The van der Waals surface area contributed by atoms with Gasteiger partial charge in [-0.05, 0) is 46.4 Å². The predicted molar refractivity (Wildman–Crippen MR) is 209 cm³/mol. The van der Waals surface area contributed by atoms with Gasteiger partial charge >= 0.3 is 0 Å². The lowest BCUT2D eigenvalue weighted by Gasteiger charge is -2.47. The predicted octanol–water partition coefficient (Wildman–Crippen LogP) is -10.2. The summed E-state index contributed by atoms with van der Waals surface area (Å²) in [4.78, 5) is 3.79. The molecule has 2 saturated carbocycles. The Bertz CT molecular complexity index is 1140. The second-order valence-corrected chi connectivity index (χ2v) is 16.8. The minimum absolute atomic E-state index is 0.108. The molecular formula is C35H74N10O14. The van der Waals surface area contributed by atoms with Crippen LogP contribution < -0.4 is 45.9 Å². The van der Waals surface area contributed by atoms with E-state index in [2.05, 4.69) is 0 Å². The average Bonchev–Trinajstić information content (AvgIpc) is 3.18. The fraction of sp³-hybridized carbons (Fsp3) is 1.00. The van der Waals surface area contributed by atoms with E-state index in [9.17, 15) is 40.9 Å². The van der Waals surface area contributed by atoms with Gasteiger partial charge in [-0.3, -0.25) is 0 Å². The van der Waals surface area contributed by atoms with Gasteiger partial charge in [-0.2, -0.15) is 0 Å². The Morgan fingerprint density at radius 3 is 1.24 bits per heavy atom. The van der Waals surface area contributed by atoms with Crippen LogP contribution >= 0.6 is 0 Å². The summed E-state index contributed by atoms with van der Waals surface area (Å²) in [6.45, 7) is 0.961. The molecule has 24 nitrogen and oxygen atoms in total. The summed E-state index contributed by atoms with van der Waals surface area (Å²) in [6.07, 6.45) is -17.2. The highest BCUT2D eigenvalue weighted by molar-refractivity contribution is 5.02. The van der Waals surface area contributed by atoms with Gasteiger partial charge in [0.05, 0.1) is 49.7 Å². The van der Waals surface area contributed by atoms with Crippen LogP contribution in [0.5, 0.6) is 0 Å². The van der Waals surface area contributed by atoms with E-state index in [0.29, 0.717) is 19.5 Å².